The fourth-order valence-electron chi connectivity index (χ4n) is 6.25. The SMILES string of the molecule is CS(=O)(=O)Nc1ccc2c(c1)S(=O)(=O)N=C(C1=C(O)C3C4CCC(O4)C3N(C3CCCC3)C1=O)N2. The second kappa shape index (κ2) is 7.68. The highest BCUT2D eigenvalue weighted by Gasteiger charge is 2.59. The van der Waals surface area contributed by atoms with Gasteiger partial charge >= 0.3 is 0 Å². The number of fused-ring (bicyclic) bond motifs is 6. The van der Waals surface area contributed by atoms with Crippen molar-refractivity contribution in [3.05, 3.63) is 29.5 Å². The Hall–Kier alpha value is -2.64. The predicted octanol–water partition coefficient (Wildman–Crippen LogP) is 1.71. The van der Waals surface area contributed by atoms with Crippen LogP contribution in [0.5, 0.6) is 0 Å². The molecule has 13 heteroatoms. The topological polar surface area (TPSA) is 154 Å². The number of carbonyl (C=O) groups excluding carboxylic acids is 1. The Morgan fingerprint density at radius 1 is 1.17 bits per heavy atom. The molecular formula is C22H26N4O7S2. The number of benzene rings is 1. The van der Waals surface area contributed by atoms with Gasteiger partial charge in [0.1, 0.15) is 16.2 Å². The zero-order valence-electron chi connectivity index (χ0n) is 19.0. The Morgan fingerprint density at radius 3 is 2.60 bits per heavy atom. The maximum absolute atomic E-state index is 13.8. The fraction of sp³-hybridized carbons (Fsp3) is 0.545. The van der Waals surface area contributed by atoms with Gasteiger partial charge in [0.05, 0.1) is 36.1 Å². The summed E-state index contributed by atoms with van der Waals surface area (Å²) in [5, 5.41) is 14.2. The quantitative estimate of drug-likeness (QED) is 0.540. The van der Waals surface area contributed by atoms with Crippen molar-refractivity contribution in [3.8, 4) is 0 Å². The van der Waals surface area contributed by atoms with E-state index in [2.05, 4.69) is 14.4 Å². The van der Waals surface area contributed by atoms with Crippen LogP contribution in [0.25, 0.3) is 0 Å². The summed E-state index contributed by atoms with van der Waals surface area (Å²) in [4.78, 5) is 15.4. The number of hydrogen-bond acceptors (Lipinski definition) is 8. The number of amides is 1. The average molecular weight is 523 g/mol. The lowest BCUT2D eigenvalue weighted by molar-refractivity contribution is -0.135. The van der Waals surface area contributed by atoms with E-state index in [1.54, 1.807) is 0 Å². The zero-order valence-corrected chi connectivity index (χ0v) is 20.6. The zero-order chi connectivity index (χ0) is 24.7. The Balaban J connectivity index is 1.43. The standard InChI is InChI=1S/C22H26N4O7S2/c1-34(29,30)24-11-6-7-13-16(10-11)35(31,32)25-21(23-13)18-20(27)17-14-8-9-15(33-14)19(17)26(22(18)28)12-4-2-3-5-12/h6-7,10,12,14-15,17,19,24,27H,2-5,8-9H2,1H3,(H,23,25). The van der Waals surface area contributed by atoms with Gasteiger partial charge in [0.25, 0.3) is 15.9 Å². The van der Waals surface area contributed by atoms with Crippen molar-refractivity contribution in [1.29, 1.82) is 0 Å². The van der Waals surface area contributed by atoms with Crippen LogP contribution in [-0.4, -0.2) is 69.1 Å². The number of rotatable bonds is 4. The van der Waals surface area contributed by atoms with Crippen molar-refractivity contribution < 1.29 is 31.5 Å². The van der Waals surface area contributed by atoms with Gasteiger partial charge < -0.3 is 20.1 Å². The molecule has 0 aromatic heterocycles. The molecule has 3 fully saturated rings. The number of aliphatic hydroxyl groups is 1. The Kier molecular flexibility index (Phi) is 5.00. The molecule has 5 aliphatic rings. The number of nitrogens with zero attached hydrogens (tertiary/aromatic N) is 2. The van der Waals surface area contributed by atoms with Gasteiger partial charge in [-0.05, 0) is 43.9 Å². The van der Waals surface area contributed by atoms with Crippen molar-refractivity contribution >= 4 is 43.2 Å². The molecule has 1 aromatic carbocycles. The first kappa shape index (κ1) is 22.8. The number of aliphatic hydroxyl groups excluding tert-OH is 1. The number of ether oxygens (including phenoxy) is 1. The molecule has 35 heavy (non-hydrogen) atoms. The Bertz CT molecular complexity index is 1400. The highest BCUT2D eigenvalue weighted by Crippen LogP contribution is 2.50. The third-order valence-corrected chi connectivity index (χ3v) is 9.48. The molecule has 2 bridgehead atoms. The lowest BCUT2D eigenvalue weighted by atomic mass is 9.77. The fourth-order valence-corrected chi connectivity index (χ4v) is 7.95. The molecule has 1 aromatic rings. The third kappa shape index (κ3) is 3.62. The van der Waals surface area contributed by atoms with Gasteiger partial charge in [-0.1, -0.05) is 12.8 Å². The van der Waals surface area contributed by atoms with Gasteiger partial charge in [0.15, 0.2) is 5.84 Å². The van der Waals surface area contributed by atoms with Crippen molar-refractivity contribution in [2.45, 2.75) is 67.7 Å². The molecule has 188 valence electrons. The summed E-state index contributed by atoms with van der Waals surface area (Å²) >= 11 is 0. The van der Waals surface area contributed by atoms with E-state index in [1.165, 1.54) is 18.2 Å². The second-order valence-electron chi connectivity index (χ2n) is 9.84. The van der Waals surface area contributed by atoms with Crippen LogP contribution in [0, 0.1) is 5.92 Å². The van der Waals surface area contributed by atoms with E-state index in [-0.39, 0.29) is 57.7 Å². The average Bonchev–Trinajstić information content (AvgIpc) is 3.51. The first-order chi connectivity index (χ1) is 16.5. The maximum atomic E-state index is 13.8. The number of sulfonamides is 2. The van der Waals surface area contributed by atoms with E-state index >= 15 is 0 Å². The predicted molar refractivity (Wildman–Crippen MR) is 127 cm³/mol. The molecule has 2 saturated heterocycles. The number of amidine groups is 1. The van der Waals surface area contributed by atoms with Crippen molar-refractivity contribution in [2.75, 3.05) is 16.3 Å². The maximum Gasteiger partial charge on any atom is 0.286 e. The molecule has 1 amide bonds. The molecule has 4 atom stereocenters. The molecule has 4 unspecified atom stereocenters. The van der Waals surface area contributed by atoms with Crippen LogP contribution in [0.4, 0.5) is 11.4 Å². The molecular weight excluding hydrogens is 496 g/mol. The van der Waals surface area contributed by atoms with Crippen molar-refractivity contribution in [3.63, 3.8) is 0 Å². The lowest BCUT2D eigenvalue weighted by Crippen LogP contribution is -2.59. The second-order valence-corrected chi connectivity index (χ2v) is 13.2. The van der Waals surface area contributed by atoms with Crippen molar-refractivity contribution in [2.24, 2.45) is 10.3 Å². The monoisotopic (exact) mass is 522 g/mol. The number of hydrogen-bond donors (Lipinski definition) is 3. The van der Waals surface area contributed by atoms with E-state index in [0.29, 0.717) is 0 Å². The smallest absolute Gasteiger partial charge is 0.286 e. The van der Waals surface area contributed by atoms with E-state index < -0.39 is 31.9 Å². The first-order valence-electron chi connectivity index (χ1n) is 11.7. The van der Waals surface area contributed by atoms with Crippen LogP contribution < -0.4 is 10.0 Å². The molecule has 1 saturated carbocycles. The summed E-state index contributed by atoms with van der Waals surface area (Å²) in [6, 6.07) is 3.73. The van der Waals surface area contributed by atoms with Gasteiger partial charge in [0, 0.05) is 11.7 Å². The number of nitrogens with one attached hydrogen (secondary N) is 2. The summed E-state index contributed by atoms with van der Waals surface area (Å²) < 4.78 is 61.5. The van der Waals surface area contributed by atoms with Crippen LogP contribution in [0.2, 0.25) is 0 Å². The van der Waals surface area contributed by atoms with E-state index in [0.717, 1.165) is 44.8 Å². The Morgan fingerprint density at radius 2 is 1.89 bits per heavy atom. The van der Waals surface area contributed by atoms with Gasteiger partial charge in [-0.15, -0.1) is 4.40 Å². The lowest BCUT2D eigenvalue weighted by Gasteiger charge is -2.45. The van der Waals surface area contributed by atoms with Crippen LogP contribution in [0.3, 0.4) is 0 Å². The third-order valence-electron chi connectivity index (χ3n) is 7.56. The normalized spacial score (nSPS) is 31.7. The van der Waals surface area contributed by atoms with Crippen LogP contribution in [0.15, 0.2) is 38.8 Å². The minimum Gasteiger partial charge on any atom is -0.511 e. The summed E-state index contributed by atoms with van der Waals surface area (Å²) in [5.41, 5.74) is 0.0724. The number of carbonyl (C=O) groups is 1. The molecule has 4 heterocycles. The summed E-state index contributed by atoms with van der Waals surface area (Å²) in [6.45, 7) is 0. The molecule has 4 aliphatic heterocycles. The van der Waals surface area contributed by atoms with Crippen LogP contribution in [0.1, 0.15) is 38.5 Å². The van der Waals surface area contributed by atoms with Gasteiger partial charge in [-0.3, -0.25) is 9.52 Å². The van der Waals surface area contributed by atoms with Gasteiger partial charge in [-0.2, -0.15) is 8.42 Å². The molecule has 11 nitrogen and oxygen atoms in total. The van der Waals surface area contributed by atoms with Crippen LogP contribution in [-0.2, 0) is 29.6 Å². The van der Waals surface area contributed by atoms with Crippen molar-refractivity contribution in [1.82, 2.24) is 4.90 Å². The van der Waals surface area contributed by atoms with E-state index in [9.17, 15) is 26.7 Å². The van der Waals surface area contributed by atoms with Gasteiger partial charge in [-0.25, -0.2) is 8.42 Å². The molecule has 6 rings (SSSR count). The first-order valence-corrected chi connectivity index (χ1v) is 15.0. The molecule has 1 aliphatic carbocycles. The highest BCUT2D eigenvalue weighted by atomic mass is 32.2. The van der Waals surface area contributed by atoms with E-state index in [4.69, 9.17) is 4.74 Å². The Labute approximate surface area is 203 Å². The minimum atomic E-state index is -4.29. The summed E-state index contributed by atoms with van der Waals surface area (Å²) in [6.07, 6.45) is 5.94. The molecule has 0 radical (unpaired) electrons. The summed E-state index contributed by atoms with van der Waals surface area (Å²) in [5.74, 6) is -1.26. The molecule has 0 spiro atoms. The van der Waals surface area contributed by atoms with E-state index in [1.807, 2.05) is 4.90 Å². The van der Waals surface area contributed by atoms with Gasteiger partial charge in [0.2, 0.25) is 10.0 Å². The minimum absolute atomic E-state index is 0.0127. The summed E-state index contributed by atoms with van der Waals surface area (Å²) in [7, 11) is -7.91. The highest BCUT2D eigenvalue weighted by molar-refractivity contribution is 7.92. The molecule has 3 N–H and O–H groups in total. The van der Waals surface area contributed by atoms with Crippen LogP contribution >= 0.6 is 0 Å². The number of anilines is 2. The largest absolute Gasteiger partial charge is 0.511 e.